The third-order valence-electron chi connectivity index (χ3n) is 3.28. The average Bonchev–Trinajstić information content (AvgIpc) is 2.23. The minimum atomic E-state index is -0.700. The molecule has 0 spiro atoms. The fourth-order valence-corrected chi connectivity index (χ4v) is 3.60. The summed E-state index contributed by atoms with van der Waals surface area (Å²) in [7, 11) is 0. The van der Waals surface area contributed by atoms with Crippen LogP contribution in [0.4, 0.5) is 0 Å². The molecule has 1 saturated carbocycles. The third kappa shape index (κ3) is 4.41. The van der Waals surface area contributed by atoms with Gasteiger partial charge >= 0.3 is 5.97 Å². The first-order valence-electron chi connectivity index (χ1n) is 5.78. The maximum absolute atomic E-state index is 10.4. The second kappa shape index (κ2) is 7.07. The molecular weight excluding hydrogens is 260 g/mol. The molecule has 1 N–H and O–H groups in total. The van der Waals surface area contributed by atoms with Crippen LogP contribution in [-0.2, 0) is 4.79 Å². The minimum Gasteiger partial charge on any atom is -0.481 e. The number of carboxylic acid groups (broad SMARTS) is 1. The van der Waals surface area contributed by atoms with Gasteiger partial charge in [-0.05, 0) is 31.6 Å². The van der Waals surface area contributed by atoms with E-state index in [1.54, 1.807) is 0 Å². The molecule has 5 heteroatoms. The second-order valence-corrected chi connectivity index (χ2v) is 6.38. The van der Waals surface area contributed by atoms with Crippen LogP contribution in [0.3, 0.4) is 0 Å². The molecule has 0 aromatic carbocycles. The fraction of sp³-hybridized carbons (Fsp3) is 0.909. The summed E-state index contributed by atoms with van der Waals surface area (Å²) in [5, 5.41) is 9.44. The van der Waals surface area contributed by atoms with Gasteiger partial charge in [-0.2, -0.15) is 37.9 Å². The van der Waals surface area contributed by atoms with Crippen molar-refractivity contribution in [2.24, 2.45) is 5.92 Å². The highest BCUT2D eigenvalue weighted by atomic mass is 32.1. The van der Waals surface area contributed by atoms with E-state index >= 15 is 0 Å². The van der Waals surface area contributed by atoms with Crippen molar-refractivity contribution in [3.8, 4) is 0 Å². The fourth-order valence-electron chi connectivity index (χ4n) is 2.23. The number of rotatable bonds is 5. The quantitative estimate of drug-likeness (QED) is 0.462. The second-order valence-electron chi connectivity index (χ2n) is 4.53. The van der Waals surface area contributed by atoms with Crippen molar-refractivity contribution in [2.75, 3.05) is 0 Å². The molecule has 1 aliphatic carbocycles. The molecule has 0 saturated heterocycles. The van der Waals surface area contributed by atoms with Gasteiger partial charge in [0.2, 0.25) is 0 Å². The Morgan fingerprint density at radius 2 is 1.81 bits per heavy atom. The smallest absolute Gasteiger partial charge is 0.303 e. The van der Waals surface area contributed by atoms with Crippen molar-refractivity contribution >= 4 is 43.9 Å². The van der Waals surface area contributed by atoms with Crippen molar-refractivity contribution < 1.29 is 9.90 Å². The van der Waals surface area contributed by atoms with Gasteiger partial charge < -0.3 is 5.11 Å². The van der Waals surface area contributed by atoms with E-state index in [0.29, 0.717) is 16.4 Å². The highest BCUT2D eigenvalue weighted by molar-refractivity contribution is 7.87. The van der Waals surface area contributed by atoms with E-state index in [9.17, 15) is 4.79 Å². The summed E-state index contributed by atoms with van der Waals surface area (Å²) in [5.74, 6) is -0.128. The van der Waals surface area contributed by atoms with Gasteiger partial charge in [-0.3, -0.25) is 4.79 Å². The number of unbranched alkanes of at least 4 members (excludes halogenated alkanes) is 1. The van der Waals surface area contributed by atoms with E-state index in [4.69, 9.17) is 5.11 Å². The maximum atomic E-state index is 10.4. The Labute approximate surface area is 114 Å². The topological polar surface area (TPSA) is 37.3 Å². The molecule has 94 valence electrons. The number of aliphatic carboxylic acids is 1. The SMILES string of the molecule is O=C(O)CCCCC1CCC(S)C(S)C1S. The molecule has 0 radical (unpaired) electrons. The van der Waals surface area contributed by atoms with Crippen molar-refractivity contribution in [3.05, 3.63) is 0 Å². The molecule has 0 aromatic heterocycles. The average molecular weight is 280 g/mol. The van der Waals surface area contributed by atoms with Crippen LogP contribution in [0.2, 0.25) is 0 Å². The van der Waals surface area contributed by atoms with Crippen molar-refractivity contribution in [2.45, 2.75) is 54.3 Å². The molecule has 1 aliphatic rings. The molecular formula is C11H20O2S3. The first-order chi connectivity index (χ1) is 7.52. The lowest BCUT2D eigenvalue weighted by atomic mass is 9.84. The molecule has 1 fully saturated rings. The highest BCUT2D eigenvalue weighted by Gasteiger charge is 2.33. The van der Waals surface area contributed by atoms with Gasteiger partial charge in [-0.25, -0.2) is 0 Å². The molecule has 16 heavy (non-hydrogen) atoms. The predicted molar refractivity (Wildman–Crippen MR) is 77.1 cm³/mol. The first kappa shape index (κ1) is 14.6. The number of carbonyl (C=O) groups is 1. The largest absolute Gasteiger partial charge is 0.481 e. The minimum absolute atomic E-state index is 0.255. The zero-order valence-corrected chi connectivity index (χ0v) is 11.9. The number of hydrogen-bond donors (Lipinski definition) is 4. The van der Waals surface area contributed by atoms with Gasteiger partial charge in [0.15, 0.2) is 0 Å². The maximum Gasteiger partial charge on any atom is 0.303 e. The summed E-state index contributed by atoms with van der Waals surface area (Å²) < 4.78 is 0. The molecule has 1 rings (SSSR count). The summed E-state index contributed by atoms with van der Waals surface area (Å²) in [6.45, 7) is 0. The molecule has 0 aliphatic heterocycles. The Hall–Kier alpha value is 0.520. The Kier molecular flexibility index (Phi) is 6.44. The Morgan fingerprint density at radius 3 is 2.44 bits per heavy atom. The molecule has 2 nitrogen and oxygen atoms in total. The van der Waals surface area contributed by atoms with E-state index < -0.39 is 5.97 Å². The van der Waals surface area contributed by atoms with E-state index in [-0.39, 0.29) is 11.7 Å². The van der Waals surface area contributed by atoms with Crippen molar-refractivity contribution in [1.82, 2.24) is 0 Å². The van der Waals surface area contributed by atoms with Gasteiger partial charge in [-0.15, -0.1) is 0 Å². The monoisotopic (exact) mass is 280 g/mol. The molecule has 0 bridgehead atoms. The summed E-state index contributed by atoms with van der Waals surface area (Å²) in [5.41, 5.74) is 0. The van der Waals surface area contributed by atoms with Crippen LogP contribution in [-0.4, -0.2) is 26.8 Å². The molecule has 0 amide bonds. The summed E-state index contributed by atoms with van der Waals surface area (Å²) in [6, 6.07) is 0. The van der Waals surface area contributed by atoms with Gasteiger partial charge in [0, 0.05) is 22.2 Å². The lowest BCUT2D eigenvalue weighted by Crippen LogP contribution is -2.37. The number of carboxylic acids is 1. The normalized spacial score (nSPS) is 34.9. The lowest BCUT2D eigenvalue weighted by molar-refractivity contribution is -0.137. The third-order valence-corrected chi connectivity index (χ3v) is 5.75. The molecule has 0 heterocycles. The van der Waals surface area contributed by atoms with Crippen molar-refractivity contribution in [1.29, 1.82) is 0 Å². The Balaban J connectivity index is 2.24. The van der Waals surface area contributed by atoms with E-state index in [0.717, 1.165) is 32.1 Å². The van der Waals surface area contributed by atoms with Crippen molar-refractivity contribution in [3.63, 3.8) is 0 Å². The number of hydrogen-bond acceptors (Lipinski definition) is 4. The first-order valence-corrected chi connectivity index (χ1v) is 7.33. The highest BCUT2D eigenvalue weighted by Crippen LogP contribution is 2.37. The molecule has 4 atom stereocenters. The van der Waals surface area contributed by atoms with Gasteiger partial charge in [0.1, 0.15) is 0 Å². The van der Waals surface area contributed by atoms with Crippen LogP contribution in [0, 0.1) is 5.92 Å². The van der Waals surface area contributed by atoms with Crippen LogP contribution >= 0.6 is 37.9 Å². The zero-order valence-electron chi connectivity index (χ0n) is 9.25. The Bertz CT molecular complexity index is 235. The van der Waals surface area contributed by atoms with Crippen LogP contribution in [0.15, 0.2) is 0 Å². The summed E-state index contributed by atoms with van der Waals surface area (Å²) in [6.07, 6.45) is 5.34. The zero-order chi connectivity index (χ0) is 12.1. The molecule has 0 aromatic rings. The van der Waals surface area contributed by atoms with Crippen LogP contribution in [0.1, 0.15) is 38.5 Å². The Morgan fingerprint density at radius 1 is 1.12 bits per heavy atom. The van der Waals surface area contributed by atoms with E-state index in [1.807, 2.05) is 0 Å². The predicted octanol–water partition coefficient (Wildman–Crippen LogP) is 2.94. The number of thiol groups is 3. The van der Waals surface area contributed by atoms with Crippen LogP contribution < -0.4 is 0 Å². The lowest BCUT2D eigenvalue weighted by Gasteiger charge is -2.36. The van der Waals surface area contributed by atoms with E-state index in [1.165, 1.54) is 0 Å². The summed E-state index contributed by atoms with van der Waals surface area (Å²) >= 11 is 13.6. The van der Waals surface area contributed by atoms with E-state index in [2.05, 4.69) is 37.9 Å². The van der Waals surface area contributed by atoms with Gasteiger partial charge in [-0.1, -0.05) is 6.42 Å². The van der Waals surface area contributed by atoms with Gasteiger partial charge in [0.05, 0.1) is 0 Å². The van der Waals surface area contributed by atoms with Crippen LogP contribution in [0.25, 0.3) is 0 Å². The standard InChI is InChI=1S/C11H20O2S3/c12-9(13)4-2-1-3-7-5-6-8(14)11(16)10(7)15/h7-8,10-11,14-16H,1-6H2,(H,12,13). The summed E-state index contributed by atoms with van der Waals surface area (Å²) in [4.78, 5) is 10.4. The van der Waals surface area contributed by atoms with Crippen LogP contribution in [0.5, 0.6) is 0 Å². The van der Waals surface area contributed by atoms with Gasteiger partial charge in [0.25, 0.3) is 0 Å². The molecule has 4 unspecified atom stereocenters.